The van der Waals surface area contributed by atoms with Crippen molar-refractivity contribution in [3.8, 4) is 0 Å². The third-order valence-corrected chi connectivity index (χ3v) is 12.6. The van der Waals surface area contributed by atoms with E-state index in [1.165, 1.54) is 42.1 Å². The summed E-state index contributed by atoms with van der Waals surface area (Å²) >= 11 is 1.52. The van der Waals surface area contributed by atoms with Crippen molar-refractivity contribution in [3.63, 3.8) is 0 Å². The van der Waals surface area contributed by atoms with Gasteiger partial charge in [-0.15, -0.1) is 23.9 Å². The molecule has 11 nitrogen and oxygen atoms in total. The molecule has 3 aliphatic heterocycles. The van der Waals surface area contributed by atoms with E-state index in [0.29, 0.717) is 46.7 Å². The average molecular weight is 978 g/mol. The van der Waals surface area contributed by atoms with E-state index in [-0.39, 0.29) is 45.0 Å². The Morgan fingerprint density at radius 1 is 0.828 bits per heavy atom. The van der Waals surface area contributed by atoms with E-state index in [4.69, 9.17) is 20.6 Å². The van der Waals surface area contributed by atoms with Gasteiger partial charge in [-0.25, -0.2) is 4.79 Å². The number of carbonyl (C=O) groups excluding carboxylic acids is 2. The fourth-order valence-electron chi connectivity index (χ4n) is 7.68. The van der Waals surface area contributed by atoms with Gasteiger partial charge in [-0.1, -0.05) is 47.9 Å². The number of aryl methyl sites for hydroxylation is 3. The van der Waals surface area contributed by atoms with Gasteiger partial charge in [0.05, 0.1) is 16.5 Å². The molecule has 0 radical (unpaired) electrons. The van der Waals surface area contributed by atoms with Gasteiger partial charge in [0, 0.05) is 43.8 Å². The molecule has 1 aromatic heterocycles. The number of aromatic carboxylic acids is 1. The molecule has 5 N–H and O–H groups in total. The summed E-state index contributed by atoms with van der Waals surface area (Å²) in [5, 5.41) is 37.8. The summed E-state index contributed by atoms with van der Waals surface area (Å²) in [5.41, 5.74) is 5.61. The first-order chi connectivity index (χ1) is 27.4. The van der Waals surface area contributed by atoms with Crippen molar-refractivity contribution in [2.24, 2.45) is 11.3 Å². The minimum absolute atomic E-state index is 0. The summed E-state index contributed by atoms with van der Waals surface area (Å²) in [7, 11) is 0. The van der Waals surface area contributed by atoms with E-state index in [2.05, 4.69) is 15.5 Å². The van der Waals surface area contributed by atoms with E-state index in [1.807, 2.05) is 60.7 Å². The van der Waals surface area contributed by atoms with Gasteiger partial charge in [-0.05, 0) is 144 Å². The summed E-state index contributed by atoms with van der Waals surface area (Å²) in [6.07, 6.45) is 8.20. The smallest absolute Gasteiger partial charge is 0.335 e. The Bertz CT molecular complexity index is 2040. The zero-order valence-corrected chi connectivity index (χ0v) is 36.9. The number of benzene rings is 3. The molecule has 2 bridgehead atoms. The van der Waals surface area contributed by atoms with Crippen LogP contribution in [0.5, 0.6) is 0 Å². The van der Waals surface area contributed by atoms with Gasteiger partial charge < -0.3 is 36.2 Å². The third kappa shape index (κ3) is 11.7. The molecule has 1 aliphatic carbocycles. The van der Waals surface area contributed by atoms with Crippen LogP contribution in [0, 0.1) is 11.3 Å². The van der Waals surface area contributed by atoms with Gasteiger partial charge >= 0.3 is 11.9 Å². The molecule has 4 aliphatic rings. The molecule has 4 aromatic rings. The standard InChI is InChI=1S/C39H41N4O4S.C6H12O3.W/c44-36(30-5-3-4-27(22-30)23-40-33-24-43-20-18-28(33)19-21-43)42-38-35(32-6-1-2-7-34(32)48-38)37(45)41-31-16-12-26(13-17-31)9-8-25-10-14-29(15-11-25)39(46)47;1-6(2,3-4-7)5(8)9;/h3-5,10-17,22,28,33H,1-2,6-9,18-21,23-24H2,(H,41,45)(H,42,44)(H,46,47);7H,3-4H2,1-2H3,(H,8,9);/q-1;;. The van der Waals surface area contributed by atoms with E-state index in [0.717, 1.165) is 67.3 Å². The number of piperidine rings is 3. The van der Waals surface area contributed by atoms with Crippen LogP contribution in [0.2, 0.25) is 0 Å². The molecule has 3 saturated heterocycles. The number of carboxylic acid groups (broad SMARTS) is 2. The maximum Gasteiger partial charge on any atom is 0.335 e. The van der Waals surface area contributed by atoms with E-state index in [1.54, 1.807) is 26.0 Å². The quantitative estimate of drug-likeness (QED) is 0.0846. The number of hydrogen-bond donors (Lipinski definition) is 5. The first kappa shape index (κ1) is 44.9. The molecular formula is C45H53N4O7SW-. The number of carboxylic acids is 2. The van der Waals surface area contributed by atoms with Gasteiger partial charge in [0.1, 0.15) is 5.00 Å². The predicted octanol–water partition coefficient (Wildman–Crippen LogP) is 8.06. The van der Waals surface area contributed by atoms with Crippen molar-refractivity contribution in [2.45, 2.75) is 84.2 Å². The van der Waals surface area contributed by atoms with E-state index < -0.39 is 17.4 Å². The number of amides is 2. The van der Waals surface area contributed by atoms with E-state index in [9.17, 15) is 19.2 Å². The average Bonchev–Trinajstić information content (AvgIpc) is 3.58. The number of fused-ring (bicyclic) bond motifs is 4. The van der Waals surface area contributed by atoms with Crippen LogP contribution in [0.1, 0.15) is 104 Å². The molecular weight excluding hydrogens is 924 g/mol. The van der Waals surface area contributed by atoms with Crippen LogP contribution in [-0.4, -0.2) is 76.3 Å². The van der Waals surface area contributed by atoms with Crippen LogP contribution < -0.4 is 10.6 Å². The summed E-state index contributed by atoms with van der Waals surface area (Å²) in [6, 6.07) is 22.9. The minimum Gasteiger partial charge on any atom is -0.654 e. The van der Waals surface area contributed by atoms with Gasteiger partial charge in [0.2, 0.25) is 0 Å². The topological polar surface area (TPSA) is 170 Å². The molecule has 2 amide bonds. The second-order valence-electron chi connectivity index (χ2n) is 15.9. The third-order valence-electron chi connectivity index (χ3n) is 11.4. The van der Waals surface area contributed by atoms with Gasteiger partial charge in [0.25, 0.3) is 11.8 Å². The fourth-order valence-corrected chi connectivity index (χ4v) is 8.96. The largest absolute Gasteiger partial charge is 0.654 e. The fraction of sp³-hybridized carbons (Fsp3) is 0.422. The zero-order valence-electron chi connectivity index (χ0n) is 33.2. The number of aliphatic carboxylic acids is 1. The Labute approximate surface area is 358 Å². The van der Waals surface area contributed by atoms with E-state index >= 15 is 0 Å². The van der Waals surface area contributed by atoms with Gasteiger partial charge in [-0.2, -0.15) is 0 Å². The Morgan fingerprint density at radius 3 is 2.07 bits per heavy atom. The van der Waals surface area contributed by atoms with Crippen LogP contribution in [0.15, 0.2) is 72.8 Å². The zero-order chi connectivity index (χ0) is 40.5. The molecule has 0 saturated carbocycles. The number of aliphatic hydroxyl groups excluding tert-OH is 1. The number of nitrogens with zero attached hydrogens (tertiary/aromatic N) is 2. The second-order valence-corrected chi connectivity index (χ2v) is 17.0. The predicted molar refractivity (Wildman–Crippen MR) is 224 cm³/mol. The number of aliphatic hydroxyl groups is 1. The molecule has 8 rings (SSSR count). The molecule has 1 atom stereocenters. The number of nitrogens with one attached hydrogen (secondary N) is 2. The van der Waals surface area contributed by atoms with Crippen LogP contribution in [0.4, 0.5) is 10.7 Å². The minimum atomic E-state index is -0.927. The summed E-state index contributed by atoms with van der Waals surface area (Å²) < 4.78 is 0. The number of thiophene rings is 1. The van der Waals surface area contributed by atoms with Crippen molar-refractivity contribution in [1.82, 2.24) is 4.90 Å². The Balaban J connectivity index is 0.000000575. The Morgan fingerprint density at radius 2 is 1.48 bits per heavy atom. The molecule has 308 valence electrons. The van der Waals surface area contributed by atoms with Crippen LogP contribution >= 0.6 is 11.3 Å². The first-order valence-electron chi connectivity index (χ1n) is 19.9. The van der Waals surface area contributed by atoms with Crippen LogP contribution in [0.3, 0.4) is 0 Å². The normalized spacial score (nSPS) is 18.2. The monoisotopic (exact) mass is 977 g/mol. The number of hydrogen-bond acceptors (Lipinski definition) is 7. The summed E-state index contributed by atoms with van der Waals surface area (Å²) in [4.78, 5) is 52.5. The van der Waals surface area contributed by atoms with Gasteiger partial charge in [0.15, 0.2) is 0 Å². The molecule has 3 fully saturated rings. The number of anilines is 2. The Kier molecular flexibility index (Phi) is 16.0. The number of rotatable bonds is 14. The number of carbonyl (C=O) groups is 4. The molecule has 0 spiro atoms. The van der Waals surface area contributed by atoms with Crippen molar-refractivity contribution in [2.75, 3.05) is 36.9 Å². The summed E-state index contributed by atoms with van der Waals surface area (Å²) in [5.74, 6) is -1.53. The van der Waals surface area contributed by atoms with Gasteiger partial charge in [-0.3, -0.25) is 14.4 Å². The second kappa shape index (κ2) is 20.7. The molecule has 13 heteroatoms. The SMILES string of the molecule is CC(C)(CCO)C(=O)O.O=C(O)c1ccc(CCc2ccc(NC(=O)c3c(NC(=O)c4cccc(C[N-]C5CN6CCC5CC6)c4)sc4c3CCCC4)cc2)cc1.[W]. The molecule has 4 heterocycles. The molecule has 58 heavy (non-hydrogen) atoms. The molecule has 3 aromatic carbocycles. The van der Waals surface area contributed by atoms with Crippen molar-refractivity contribution >= 4 is 45.8 Å². The maximum atomic E-state index is 13.8. The van der Waals surface area contributed by atoms with Crippen LogP contribution in [0.25, 0.3) is 5.32 Å². The first-order valence-corrected chi connectivity index (χ1v) is 20.7. The Hall–Kier alpha value is -4.19. The van der Waals surface area contributed by atoms with Crippen LogP contribution in [-0.2, 0) is 58.1 Å². The van der Waals surface area contributed by atoms with Crippen molar-refractivity contribution in [3.05, 3.63) is 122 Å². The summed E-state index contributed by atoms with van der Waals surface area (Å²) in [6.45, 7) is 7.16. The maximum absolute atomic E-state index is 13.8. The molecule has 1 unspecified atom stereocenters. The van der Waals surface area contributed by atoms with Crippen molar-refractivity contribution in [1.29, 1.82) is 0 Å². The van der Waals surface area contributed by atoms with Crippen molar-refractivity contribution < 1.29 is 55.6 Å².